The molecule has 0 saturated carbocycles. The molecule has 0 aliphatic rings. The van der Waals surface area contributed by atoms with Crippen LogP contribution in [0.25, 0.3) is 0 Å². The fourth-order valence-corrected chi connectivity index (χ4v) is 1.84. The van der Waals surface area contributed by atoms with E-state index in [1.807, 2.05) is 6.07 Å². The maximum Gasteiger partial charge on any atom is 0.335 e. The van der Waals surface area contributed by atoms with Crippen LogP contribution in [-0.2, 0) is 0 Å². The summed E-state index contributed by atoms with van der Waals surface area (Å²) in [5.74, 6) is -1.30. The number of rotatable bonds is 3. The number of halogens is 1. The third kappa shape index (κ3) is 2.41. The number of aromatic carboxylic acids is 1. The number of carbonyl (C=O) groups is 2. The van der Waals surface area contributed by atoms with Crippen molar-refractivity contribution in [2.75, 3.05) is 0 Å². The second kappa shape index (κ2) is 5.02. The lowest BCUT2D eigenvalue weighted by molar-refractivity contribution is 0.0696. The minimum absolute atomic E-state index is 0.0598. The van der Waals surface area contributed by atoms with Gasteiger partial charge in [0.1, 0.15) is 0 Å². The summed E-state index contributed by atoms with van der Waals surface area (Å²) in [5.41, 5.74) is 0.875. The van der Waals surface area contributed by atoms with Crippen molar-refractivity contribution in [3.8, 4) is 0 Å². The highest BCUT2D eigenvalue weighted by Crippen LogP contribution is 2.21. The summed E-state index contributed by atoms with van der Waals surface area (Å²) in [4.78, 5) is 22.9. The Labute approximate surface area is 109 Å². The van der Waals surface area contributed by atoms with Crippen LogP contribution in [-0.4, -0.2) is 16.9 Å². The molecule has 3 nitrogen and oxygen atoms in total. The lowest BCUT2D eigenvalue weighted by atomic mass is 10.0. The zero-order chi connectivity index (χ0) is 13.1. The Bertz CT molecular complexity index is 606. The first kappa shape index (κ1) is 12.3. The predicted molar refractivity (Wildman–Crippen MR) is 68.3 cm³/mol. The summed E-state index contributed by atoms with van der Waals surface area (Å²) in [7, 11) is 0. The maximum absolute atomic E-state index is 12.1. The van der Waals surface area contributed by atoms with E-state index < -0.39 is 5.97 Å². The van der Waals surface area contributed by atoms with E-state index in [9.17, 15) is 9.59 Å². The zero-order valence-electron chi connectivity index (χ0n) is 9.26. The van der Waals surface area contributed by atoms with Crippen LogP contribution < -0.4 is 0 Å². The summed E-state index contributed by atoms with van der Waals surface area (Å²) in [6.45, 7) is 0. The van der Waals surface area contributed by atoms with Crippen molar-refractivity contribution in [3.63, 3.8) is 0 Å². The monoisotopic (exact) mass is 260 g/mol. The highest BCUT2D eigenvalue weighted by Gasteiger charge is 2.14. The van der Waals surface area contributed by atoms with E-state index in [1.165, 1.54) is 18.2 Å². The van der Waals surface area contributed by atoms with Crippen LogP contribution in [0.5, 0.6) is 0 Å². The van der Waals surface area contributed by atoms with Crippen LogP contribution >= 0.6 is 11.6 Å². The van der Waals surface area contributed by atoms with Gasteiger partial charge in [0.2, 0.25) is 0 Å². The standard InChI is InChI=1S/C14H9ClO3/c15-12-8-10(14(17)18)6-7-11(12)13(16)9-4-2-1-3-5-9/h1-8H,(H,17,18). The number of carboxylic acid groups (broad SMARTS) is 1. The normalized spacial score (nSPS) is 10.1. The van der Waals surface area contributed by atoms with Gasteiger partial charge in [-0.25, -0.2) is 4.79 Å². The van der Waals surface area contributed by atoms with Crippen molar-refractivity contribution in [2.45, 2.75) is 0 Å². The summed E-state index contributed by atoms with van der Waals surface area (Å²) in [6.07, 6.45) is 0. The summed E-state index contributed by atoms with van der Waals surface area (Å²) < 4.78 is 0. The fraction of sp³-hybridized carbons (Fsp3) is 0. The third-order valence-electron chi connectivity index (χ3n) is 2.50. The van der Waals surface area contributed by atoms with E-state index in [0.717, 1.165) is 0 Å². The van der Waals surface area contributed by atoms with Crippen molar-refractivity contribution >= 4 is 23.4 Å². The minimum Gasteiger partial charge on any atom is -0.478 e. The highest BCUT2D eigenvalue weighted by molar-refractivity contribution is 6.35. The second-order valence-electron chi connectivity index (χ2n) is 3.69. The predicted octanol–water partition coefficient (Wildman–Crippen LogP) is 3.27. The molecule has 0 aliphatic heterocycles. The summed E-state index contributed by atoms with van der Waals surface area (Å²) >= 11 is 5.93. The van der Waals surface area contributed by atoms with Crippen LogP contribution in [0.4, 0.5) is 0 Å². The van der Waals surface area contributed by atoms with E-state index >= 15 is 0 Å². The Balaban J connectivity index is 2.41. The molecular formula is C14H9ClO3. The minimum atomic E-state index is -1.07. The summed E-state index contributed by atoms with van der Waals surface area (Å²) in [6, 6.07) is 12.8. The molecule has 4 heteroatoms. The molecule has 0 spiro atoms. The first-order valence-corrected chi connectivity index (χ1v) is 5.60. The van der Waals surface area contributed by atoms with Gasteiger partial charge in [-0.05, 0) is 18.2 Å². The van der Waals surface area contributed by atoms with Crippen LogP contribution in [0, 0.1) is 0 Å². The van der Waals surface area contributed by atoms with E-state index in [2.05, 4.69) is 0 Å². The molecule has 2 aromatic rings. The quantitative estimate of drug-likeness (QED) is 0.862. The molecule has 0 heterocycles. The highest BCUT2D eigenvalue weighted by atomic mass is 35.5. The van der Waals surface area contributed by atoms with E-state index in [0.29, 0.717) is 11.1 Å². The van der Waals surface area contributed by atoms with Gasteiger partial charge < -0.3 is 5.11 Å². The molecule has 0 unspecified atom stereocenters. The van der Waals surface area contributed by atoms with Crippen molar-refractivity contribution in [1.29, 1.82) is 0 Å². The Kier molecular flexibility index (Phi) is 3.44. The average molecular weight is 261 g/mol. The number of hydrogen-bond acceptors (Lipinski definition) is 2. The molecule has 0 fully saturated rings. The van der Waals surface area contributed by atoms with Crippen LogP contribution in [0.2, 0.25) is 5.02 Å². The molecule has 0 radical (unpaired) electrons. The molecule has 2 rings (SSSR count). The van der Waals surface area contributed by atoms with Gasteiger partial charge in [0.05, 0.1) is 10.6 Å². The van der Waals surface area contributed by atoms with Gasteiger partial charge in [-0.2, -0.15) is 0 Å². The topological polar surface area (TPSA) is 54.4 Å². The molecule has 18 heavy (non-hydrogen) atoms. The maximum atomic E-state index is 12.1. The van der Waals surface area contributed by atoms with Crippen LogP contribution in [0.1, 0.15) is 26.3 Å². The molecule has 0 atom stereocenters. The first-order chi connectivity index (χ1) is 8.59. The molecule has 2 aromatic carbocycles. The number of benzene rings is 2. The fourth-order valence-electron chi connectivity index (χ4n) is 1.58. The largest absolute Gasteiger partial charge is 0.478 e. The van der Waals surface area contributed by atoms with Gasteiger partial charge >= 0.3 is 5.97 Å². The molecule has 0 aliphatic carbocycles. The molecule has 1 N–H and O–H groups in total. The molecule has 0 bridgehead atoms. The van der Waals surface area contributed by atoms with Crippen molar-refractivity contribution in [1.82, 2.24) is 0 Å². The van der Waals surface area contributed by atoms with Crippen molar-refractivity contribution in [3.05, 3.63) is 70.2 Å². The Morgan fingerprint density at radius 2 is 1.61 bits per heavy atom. The van der Waals surface area contributed by atoms with Crippen LogP contribution in [0.3, 0.4) is 0 Å². The van der Waals surface area contributed by atoms with E-state index in [-0.39, 0.29) is 16.4 Å². The smallest absolute Gasteiger partial charge is 0.335 e. The van der Waals surface area contributed by atoms with Crippen molar-refractivity contribution in [2.24, 2.45) is 0 Å². The number of carboxylic acids is 1. The SMILES string of the molecule is O=C(O)c1ccc(C(=O)c2ccccc2)c(Cl)c1. The lowest BCUT2D eigenvalue weighted by Crippen LogP contribution is -2.04. The third-order valence-corrected chi connectivity index (χ3v) is 2.81. The van der Waals surface area contributed by atoms with Gasteiger partial charge in [0.25, 0.3) is 0 Å². The van der Waals surface area contributed by atoms with Crippen LogP contribution in [0.15, 0.2) is 48.5 Å². The Hall–Kier alpha value is -2.13. The van der Waals surface area contributed by atoms with Gasteiger partial charge in [0.15, 0.2) is 5.78 Å². The van der Waals surface area contributed by atoms with Gasteiger partial charge in [-0.1, -0.05) is 41.9 Å². The number of carbonyl (C=O) groups excluding carboxylic acids is 1. The molecule has 0 saturated heterocycles. The molecule has 90 valence electrons. The Morgan fingerprint density at radius 3 is 2.17 bits per heavy atom. The van der Waals surface area contributed by atoms with Gasteiger partial charge in [0, 0.05) is 11.1 Å². The van der Waals surface area contributed by atoms with E-state index in [4.69, 9.17) is 16.7 Å². The van der Waals surface area contributed by atoms with E-state index in [1.54, 1.807) is 24.3 Å². The van der Waals surface area contributed by atoms with Gasteiger partial charge in [-0.15, -0.1) is 0 Å². The number of hydrogen-bond donors (Lipinski definition) is 1. The molecule has 0 aromatic heterocycles. The number of ketones is 1. The van der Waals surface area contributed by atoms with Crippen molar-refractivity contribution < 1.29 is 14.7 Å². The average Bonchev–Trinajstić information content (AvgIpc) is 2.38. The molecule has 0 amide bonds. The Morgan fingerprint density at radius 1 is 0.944 bits per heavy atom. The lowest BCUT2D eigenvalue weighted by Gasteiger charge is -2.04. The first-order valence-electron chi connectivity index (χ1n) is 5.22. The summed E-state index contributed by atoms with van der Waals surface area (Å²) in [5, 5.41) is 8.95. The van der Waals surface area contributed by atoms with Gasteiger partial charge in [-0.3, -0.25) is 4.79 Å². The molecular weight excluding hydrogens is 252 g/mol. The second-order valence-corrected chi connectivity index (χ2v) is 4.10. The zero-order valence-corrected chi connectivity index (χ0v) is 10.0.